The second kappa shape index (κ2) is 7.20. The summed E-state index contributed by atoms with van der Waals surface area (Å²) < 4.78 is 7.52. The third kappa shape index (κ3) is 6.12. The molecular formula is C8H15NO13. The zero-order valence-corrected chi connectivity index (χ0v) is 10.5. The maximum Gasteiger partial charge on any atom is 0.341 e. The van der Waals surface area contributed by atoms with Gasteiger partial charge in [-0.25, -0.2) is 4.79 Å². The Bertz CT molecular complexity index is 360. The number of esters is 2. The Hall–Kier alpha value is -1.46. The number of carbonyl (C=O) groups is 2. The largest absolute Gasteiger partial charge is 0.426 e. The third-order valence-electron chi connectivity index (χ3n) is 1.97. The van der Waals surface area contributed by atoms with Crippen molar-refractivity contribution in [2.45, 2.75) is 36.7 Å². The highest BCUT2D eigenvalue weighted by Crippen LogP contribution is 2.09. The maximum absolute atomic E-state index is 11.2. The van der Waals surface area contributed by atoms with Gasteiger partial charge < -0.3 is 61.2 Å². The molecule has 130 valence electrons. The molecule has 0 rings (SSSR count). The fourth-order valence-electron chi connectivity index (χ4n) is 0.802. The molecule has 0 saturated heterocycles. The summed E-state index contributed by atoms with van der Waals surface area (Å²) in [6.07, 6.45) is -8.43. The van der Waals surface area contributed by atoms with E-state index in [0.29, 0.717) is 0 Å². The van der Waals surface area contributed by atoms with Gasteiger partial charge in [-0.1, -0.05) is 0 Å². The van der Waals surface area contributed by atoms with Crippen molar-refractivity contribution in [3.05, 3.63) is 0 Å². The van der Waals surface area contributed by atoms with Crippen LogP contribution in [0.15, 0.2) is 0 Å². The Kier molecular flexibility index (Phi) is 6.72. The van der Waals surface area contributed by atoms with Crippen LogP contribution in [0, 0.1) is 0 Å². The molecule has 0 aromatic heterocycles. The number of hydrogen-bond acceptors (Lipinski definition) is 14. The number of carbonyl (C=O) groups excluding carboxylic acids is 2. The van der Waals surface area contributed by atoms with E-state index >= 15 is 0 Å². The molecular weight excluding hydrogens is 318 g/mol. The molecule has 0 radical (unpaired) electrons. The fraction of sp³-hybridized carbons (Fsp3) is 0.750. The molecule has 11 N–H and O–H groups in total. The molecule has 0 saturated carbocycles. The van der Waals surface area contributed by atoms with E-state index < -0.39 is 48.6 Å². The van der Waals surface area contributed by atoms with E-state index in [2.05, 4.69) is 9.47 Å². The van der Waals surface area contributed by atoms with Crippen molar-refractivity contribution in [2.75, 3.05) is 0 Å². The van der Waals surface area contributed by atoms with Crippen LogP contribution in [0.5, 0.6) is 0 Å². The van der Waals surface area contributed by atoms with E-state index in [9.17, 15) is 14.7 Å². The number of ether oxygens (including phenoxy) is 2. The lowest BCUT2D eigenvalue weighted by Crippen LogP contribution is -2.53. The van der Waals surface area contributed by atoms with Gasteiger partial charge in [-0.05, 0) is 0 Å². The Labute approximate surface area is 120 Å². The highest BCUT2D eigenvalue weighted by atomic mass is 16.8. The summed E-state index contributed by atoms with van der Waals surface area (Å²) in [5, 5.41) is 77.5. The van der Waals surface area contributed by atoms with Gasteiger partial charge in [0.1, 0.15) is 6.04 Å². The molecule has 22 heavy (non-hydrogen) atoms. The van der Waals surface area contributed by atoms with Crippen LogP contribution in [-0.2, 0) is 19.1 Å². The van der Waals surface area contributed by atoms with E-state index in [1.165, 1.54) is 0 Å². The molecule has 0 spiro atoms. The minimum Gasteiger partial charge on any atom is -0.426 e. The zero-order valence-electron chi connectivity index (χ0n) is 10.5. The van der Waals surface area contributed by atoms with Crippen molar-refractivity contribution < 1.29 is 65.0 Å². The van der Waals surface area contributed by atoms with Crippen molar-refractivity contribution in [1.82, 2.24) is 0 Å². The van der Waals surface area contributed by atoms with Crippen LogP contribution in [0.25, 0.3) is 0 Å². The van der Waals surface area contributed by atoms with Crippen molar-refractivity contribution in [3.8, 4) is 0 Å². The lowest BCUT2D eigenvalue weighted by atomic mass is 10.2. The highest BCUT2D eigenvalue weighted by molar-refractivity contribution is 5.86. The van der Waals surface area contributed by atoms with Gasteiger partial charge in [0.25, 0.3) is 12.6 Å². The summed E-state index contributed by atoms with van der Waals surface area (Å²) >= 11 is 0. The number of nitrogens with two attached hydrogens (primary N) is 1. The van der Waals surface area contributed by atoms with Crippen LogP contribution in [0.4, 0.5) is 0 Å². The minimum absolute atomic E-state index is 1.82. The van der Waals surface area contributed by atoms with E-state index in [4.69, 9.17) is 46.6 Å². The number of hydrogen-bond donors (Lipinski definition) is 10. The normalized spacial score (nSPS) is 18.1. The molecule has 4 unspecified atom stereocenters. The summed E-state index contributed by atoms with van der Waals surface area (Å²) in [5.74, 6) is -11.4. The summed E-state index contributed by atoms with van der Waals surface area (Å²) in [6.45, 7) is 0. The first-order valence-electron chi connectivity index (χ1n) is 5.23. The summed E-state index contributed by atoms with van der Waals surface area (Å²) in [4.78, 5) is 22.4. The second-order valence-electron chi connectivity index (χ2n) is 3.92. The average Bonchev–Trinajstić information content (AvgIpc) is 2.34. The summed E-state index contributed by atoms with van der Waals surface area (Å²) in [7, 11) is 0. The Morgan fingerprint density at radius 3 is 1.41 bits per heavy atom. The van der Waals surface area contributed by atoms with E-state index in [0.717, 1.165) is 0 Å². The van der Waals surface area contributed by atoms with Crippen molar-refractivity contribution in [2.24, 2.45) is 5.73 Å². The van der Waals surface area contributed by atoms with E-state index in [-0.39, 0.29) is 0 Å². The first-order chi connectivity index (χ1) is 9.67. The first-order valence-corrected chi connectivity index (χ1v) is 5.23. The van der Waals surface area contributed by atoms with Crippen LogP contribution in [0.2, 0.25) is 0 Å². The molecule has 0 aromatic rings. The highest BCUT2D eigenvalue weighted by Gasteiger charge is 2.41. The van der Waals surface area contributed by atoms with Crippen LogP contribution in [0.3, 0.4) is 0 Å². The number of rotatable bonds is 7. The molecule has 0 aromatic carbocycles. The lowest BCUT2D eigenvalue weighted by Gasteiger charge is -2.25. The van der Waals surface area contributed by atoms with Gasteiger partial charge in [0.15, 0.2) is 6.10 Å². The van der Waals surface area contributed by atoms with Crippen molar-refractivity contribution in [3.63, 3.8) is 0 Å². The Morgan fingerprint density at radius 1 is 0.773 bits per heavy atom. The predicted molar refractivity (Wildman–Crippen MR) is 57.0 cm³/mol. The Balaban J connectivity index is 4.68. The quantitative estimate of drug-likeness (QED) is 0.153. The maximum atomic E-state index is 11.2. The molecule has 0 heterocycles. The first kappa shape index (κ1) is 20.5. The van der Waals surface area contributed by atoms with Crippen molar-refractivity contribution >= 4 is 11.9 Å². The van der Waals surface area contributed by atoms with Gasteiger partial charge in [0.05, 0.1) is 0 Å². The Morgan fingerprint density at radius 2 is 1.09 bits per heavy atom. The summed E-state index contributed by atoms with van der Waals surface area (Å²) in [5.41, 5.74) is 4.99. The topological polar surface area (TPSA) is 261 Å². The van der Waals surface area contributed by atoms with Gasteiger partial charge in [-0.2, -0.15) is 0 Å². The predicted octanol–water partition coefficient (Wildman–Crippen LogP) is -7.34. The minimum atomic E-state index is -3.86. The lowest BCUT2D eigenvalue weighted by molar-refractivity contribution is -0.398. The molecule has 0 aliphatic carbocycles. The number of aliphatic hydroxyl groups is 9. The molecule has 0 bridgehead atoms. The van der Waals surface area contributed by atoms with Gasteiger partial charge in [-0.3, -0.25) is 4.79 Å². The molecule has 0 aliphatic rings. The molecule has 14 heteroatoms. The van der Waals surface area contributed by atoms with Crippen LogP contribution in [-0.4, -0.2) is 94.6 Å². The monoisotopic (exact) mass is 333 g/mol. The molecule has 14 nitrogen and oxygen atoms in total. The zero-order chi connectivity index (χ0) is 17.9. The second-order valence-corrected chi connectivity index (χ2v) is 3.92. The SMILES string of the molecule is NC(C(=O)OC(O)C(O)(O)O)C(O)C(=O)OC(O)C(O)(O)O. The fourth-order valence-corrected chi connectivity index (χ4v) is 0.802. The molecule has 0 amide bonds. The molecule has 0 aliphatic heterocycles. The standard InChI is InChI=1S/C8H15NO13/c9-1(3(11)21-5(13)7(15,16)17)2(10)4(12)22-6(14)8(18,19)20/h1-2,5-6,10,13-20H,9H2. The summed E-state index contributed by atoms with van der Waals surface area (Å²) in [6, 6.07) is -2.32. The molecule has 4 atom stereocenters. The van der Waals surface area contributed by atoms with Gasteiger partial charge in [0.2, 0.25) is 0 Å². The third-order valence-corrected chi connectivity index (χ3v) is 1.97. The smallest absolute Gasteiger partial charge is 0.341 e. The van der Waals surface area contributed by atoms with Gasteiger partial charge >= 0.3 is 23.9 Å². The van der Waals surface area contributed by atoms with Gasteiger partial charge in [-0.15, -0.1) is 0 Å². The van der Waals surface area contributed by atoms with E-state index in [1.54, 1.807) is 0 Å². The van der Waals surface area contributed by atoms with E-state index in [1.807, 2.05) is 0 Å². The van der Waals surface area contributed by atoms with Gasteiger partial charge in [0, 0.05) is 0 Å². The number of aliphatic hydroxyl groups excluding tert-OH is 3. The van der Waals surface area contributed by atoms with Crippen LogP contribution in [0.1, 0.15) is 0 Å². The molecule has 0 fully saturated rings. The average molecular weight is 333 g/mol. The van der Waals surface area contributed by atoms with Crippen LogP contribution >= 0.6 is 0 Å². The van der Waals surface area contributed by atoms with Crippen LogP contribution < -0.4 is 5.73 Å². The van der Waals surface area contributed by atoms with Crippen molar-refractivity contribution in [1.29, 1.82) is 0 Å².